The van der Waals surface area contributed by atoms with Crippen molar-refractivity contribution in [1.29, 1.82) is 0 Å². The van der Waals surface area contributed by atoms with E-state index in [9.17, 15) is 0 Å². The first kappa shape index (κ1) is 45.6. The van der Waals surface area contributed by atoms with Gasteiger partial charge in [-0.25, -0.2) is 0 Å². The molecule has 15 N–H and O–H groups in total. The van der Waals surface area contributed by atoms with Crippen molar-refractivity contribution in [1.82, 2.24) is 6.15 Å². The summed E-state index contributed by atoms with van der Waals surface area (Å²) in [6.45, 7) is 0. The monoisotopic (exact) mass is 417 g/mol. The molecule has 0 saturated heterocycles. The molecule has 0 aromatic rings. The molecule has 0 amide bonds. The Morgan fingerprint density at radius 1 is 0.533 bits per heavy atom. The van der Waals surface area contributed by atoms with Gasteiger partial charge in [0.05, 0.1) is 0 Å². The Morgan fingerprint density at radius 2 is 0.533 bits per heavy atom. The van der Waals surface area contributed by atoms with E-state index in [1.165, 1.54) is 0 Å². The average molecular weight is 413 g/mol. The molecule has 0 spiro atoms. The van der Waals surface area contributed by atoms with Gasteiger partial charge >= 0.3 is 62.1 Å². The molecule has 0 aliphatic rings. The second-order valence-corrected chi connectivity index (χ2v) is 5.30. The third kappa shape index (κ3) is 45200. The fourth-order valence-corrected chi connectivity index (χ4v) is 0. The normalized spacial score (nSPS) is 7.73. The molecule has 0 atom stereocenters. The van der Waals surface area contributed by atoms with Gasteiger partial charge in [-0.15, -0.1) is 0 Å². The molecule has 0 aromatic carbocycles. The predicted molar refractivity (Wildman–Crippen MR) is 31.1 cm³/mol. The Balaban J connectivity index is -0.0000000128. The summed E-state index contributed by atoms with van der Waals surface area (Å²) in [6, 6.07) is 0. The molecule has 0 rings (SSSR count). The van der Waals surface area contributed by atoms with Crippen LogP contribution in [0.5, 0.6) is 0 Å². The Morgan fingerprint density at radius 3 is 0.533 bits per heavy atom. The van der Waals surface area contributed by atoms with Gasteiger partial charge < -0.3 is 28.1 Å². The first-order valence-corrected chi connectivity index (χ1v) is 8.26. The van der Waals surface area contributed by atoms with Crippen LogP contribution in [-0.4, -0.2) is 36.9 Å². The molecule has 13 nitrogen and oxygen atoms in total. The van der Waals surface area contributed by atoms with Crippen LogP contribution in [0.25, 0.3) is 0 Å². The predicted octanol–water partition coefficient (Wildman–Crippen LogP) is -5.84. The molecular weight excluding hydrogens is 398 g/mol. The van der Waals surface area contributed by atoms with Gasteiger partial charge in [0.1, 0.15) is 0 Å². The second kappa shape index (κ2) is 16.6. The van der Waals surface area contributed by atoms with Crippen LogP contribution in [0.2, 0.25) is 0 Å². The summed E-state index contributed by atoms with van der Waals surface area (Å²) in [5.74, 6) is 0. The van der Waals surface area contributed by atoms with Gasteiger partial charge in [-0.1, -0.05) is 0 Å². The van der Waals surface area contributed by atoms with E-state index in [1.807, 2.05) is 0 Å². The Bertz CT molecular complexity index is 210. The third-order valence-electron chi connectivity index (χ3n) is 0. The van der Waals surface area contributed by atoms with Crippen LogP contribution >= 0.6 is 0 Å². The molecule has 15 heavy (non-hydrogen) atoms. The van der Waals surface area contributed by atoms with Crippen LogP contribution < -0.4 is 6.15 Å². The zero-order valence-corrected chi connectivity index (χ0v) is 11.0. The van der Waals surface area contributed by atoms with Crippen molar-refractivity contribution in [3.8, 4) is 0 Å². The third-order valence-corrected chi connectivity index (χ3v) is 0. The number of hydrogen-bond donors (Lipinski definition) is 5. The molecule has 0 heterocycles. The zero-order chi connectivity index (χ0) is 9.00. The van der Waals surface area contributed by atoms with E-state index in [4.69, 9.17) is 28.6 Å². The fraction of sp³-hybridized carbons (Fsp3) is 0. The Labute approximate surface area is 90.2 Å². The number of hydrogen-bond acceptors (Lipinski definition) is 5. The summed E-state index contributed by atoms with van der Waals surface area (Å²) in [5.41, 5.74) is 0. The van der Waals surface area contributed by atoms with Crippen LogP contribution in [-0.2, 0) is 47.1 Å². The topological polar surface area (TPSA) is 310 Å². The van der Waals surface area contributed by atoms with Crippen molar-refractivity contribution in [2.24, 2.45) is 0 Å². The SMILES string of the molecule is N.O.O.O.O.[O]=[Mo](=[O])([OH])[OH].[O]=[Mo](=[O])([OH])[OH]. The summed E-state index contributed by atoms with van der Waals surface area (Å²) >= 11 is -11.0. The van der Waals surface area contributed by atoms with Crippen molar-refractivity contribution in [3.05, 3.63) is 0 Å². The molecular formula is H15Mo2NO12. The summed E-state index contributed by atoms with van der Waals surface area (Å²) in [5, 5.41) is 0. The molecule has 0 fully saturated rings. The fourth-order valence-electron chi connectivity index (χ4n) is 0. The van der Waals surface area contributed by atoms with Crippen molar-refractivity contribution < 1.29 is 84.0 Å². The van der Waals surface area contributed by atoms with Gasteiger partial charge in [0, 0.05) is 0 Å². The minimum absolute atomic E-state index is 0. The molecule has 0 unspecified atom stereocenters. The maximum absolute atomic E-state index is 8.85. The second-order valence-electron chi connectivity index (χ2n) is 0.896. The average Bonchev–Trinajstić information content (AvgIpc) is 1.12. The van der Waals surface area contributed by atoms with Crippen LogP contribution in [0, 0.1) is 0 Å². The molecule has 15 heteroatoms. The molecule has 0 radical (unpaired) electrons. The summed E-state index contributed by atoms with van der Waals surface area (Å²) in [4.78, 5) is 0. The molecule has 0 bridgehead atoms. The standard InChI is InChI=1S/2Mo.H3N.8H2O.4O/h;;1H3;8*1H2;;;;/q2*+2;;;;;;;;;;;;;/p-4. The van der Waals surface area contributed by atoms with Gasteiger partial charge in [0.25, 0.3) is 0 Å². The van der Waals surface area contributed by atoms with E-state index in [-0.39, 0.29) is 28.1 Å². The summed E-state index contributed by atoms with van der Waals surface area (Å²) < 4.78 is 64.0. The maximum atomic E-state index is 8.85. The van der Waals surface area contributed by atoms with Crippen molar-refractivity contribution >= 4 is 0 Å². The summed E-state index contributed by atoms with van der Waals surface area (Å²) in [6.07, 6.45) is 0. The van der Waals surface area contributed by atoms with E-state index in [1.54, 1.807) is 0 Å². The van der Waals surface area contributed by atoms with Crippen LogP contribution in [0.3, 0.4) is 0 Å². The van der Waals surface area contributed by atoms with Crippen LogP contribution in [0.4, 0.5) is 0 Å². The van der Waals surface area contributed by atoms with Crippen molar-refractivity contribution in [3.63, 3.8) is 0 Å². The quantitative estimate of drug-likeness (QED) is 0.236. The van der Waals surface area contributed by atoms with E-state index < -0.39 is 33.5 Å². The number of rotatable bonds is 0. The van der Waals surface area contributed by atoms with Crippen LogP contribution in [0.15, 0.2) is 0 Å². The van der Waals surface area contributed by atoms with Gasteiger partial charge in [-0.05, 0) is 0 Å². The van der Waals surface area contributed by atoms with Crippen molar-refractivity contribution in [2.75, 3.05) is 0 Å². The molecule has 104 valence electrons. The van der Waals surface area contributed by atoms with E-state index >= 15 is 0 Å². The van der Waals surface area contributed by atoms with Gasteiger partial charge in [-0.2, -0.15) is 0 Å². The van der Waals surface area contributed by atoms with E-state index in [0.29, 0.717) is 0 Å². The van der Waals surface area contributed by atoms with E-state index in [2.05, 4.69) is 0 Å². The Hall–Kier alpha value is 0.217. The van der Waals surface area contributed by atoms with Crippen molar-refractivity contribution in [2.45, 2.75) is 0 Å². The van der Waals surface area contributed by atoms with Gasteiger partial charge in [-0.3, -0.25) is 0 Å². The molecule has 0 aromatic heterocycles. The Kier molecular flexibility index (Phi) is 50.5. The van der Waals surface area contributed by atoms with Gasteiger partial charge in [0.15, 0.2) is 0 Å². The van der Waals surface area contributed by atoms with Gasteiger partial charge in [0.2, 0.25) is 0 Å². The zero-order valence-electron chi connectivity index (χ0n) is 6.95. The molecule has 0 saturated carbocycles. The first-order chi connectivity index (χ1) is 4.00. The minimum atomic E-state index is -5.52. The first-order valence-electron chi connectivity index (χ1n) is 1.40. The summed E-state index contributed by atoms with van der Waals surface area (Å²) in [7, 11) is 0. The van der Waals surface area contributed by atoms with Crippen LogP contribution in [0.1, 0.15) is 0 Å². The van der Waals surface area contributed by atoms with E-state index in [0.717, 1.165) is 0 Å². The molecule has 0 aliphatic carbocycles. The molecule has 0 aliphatic heterocycles.